The SMILES string of the molecule is CC(=O)Nc1cc(C(=O)NC2CCCCC2CN)ccc1F.Cl. The van der Waals surface area contributed by atoms with Crippen LogP contribution in [-0.2, 0) is 4.79 Å². The summed E-state index contributed by atoms with van der Waals surface area (Å²) in [6, 6.07) is 4.00. The van der Waals surface area contributed by atoms with Crippen molar-refractivity contribution in [1.29, 1.82) is 0 Å². The summed E-state index contributed by atoms with van der Waals surface area (Å²) in [6.07, 6.45) is 4.13. The van der Waals surface area contributed by atoms with E-state index in [0.29, 0.717) is 12.1 Å². The number of amides is 2. The van der Waals surface area contributed by atoms with Crippen molar-refractivity contribution in [2.75, 3.05) is 11.9 Å². The largest absolute Gasteiger partial charge is 0.349 e. The van der Waals surface area contributed by atoms with Crippen molar-refractivity contribution in [2.24, 2.45) is 11.7 Å². The van der Waals surface area contributed by atoms with E-state index in [2.05, 4.69) is 10.6 Å². The van der Waals surface area contributed by atoms with Gasteiger partial charge < -0.3 is 16.4 Å². The standard InChI is InChI=1S/C16H22FN3O2.ClH/c1-10(21)19-15-8-11(6-7-13(15)17)16(22)20-14-5-3-2-4-12(14)9-18;/h6-8,12,14H,2-5,9,18H2,1H3,(H,19,21)(H,20,22);1H. The van der Waals surface area contributed by atoms with Crippen LogP contribution in [0.5, 0.6) is 0 Å². The summed E-state index contributed by atoms with van der Waals surface area (Å²) in [4.78, 5) is 23.4. The molecule has 0 radical (unpaired) electrons. The molecule has 1 aliphatic rings. The summed E-state index contributed by atoms with van der Waals surface area (Å²) in [5.41, 5.74) is 6.10. The van der Waals surface area contributed by atoms with Crippen LogP contribution in [0, 0.1) is 11.7 Å². The molecule has 0 spiro atoms. The molecule has 2 rings (SSSR count). The maximum Gasteiger partial charge on any atom is 0.251 e. The Hall–Kier alpha value is -1.66. The minimum atomic E-state index is -0.566. The highest BCUT2D eigenvalue weighted by atomic mass is 35.5. The van der Waals surface area contributed by atoms with Crippen molar-refractivity contribution >= 4 is 29.9 Å². The van der Waals surface area contributed by atoms with Gasteiger partial charge in [0.25, 0.3) is 5.91 Å². The van der Waals surface area contributed by atoms with Gasteiger partial charge >= 0.3 is 0 Å². The van der Waals surface area contributed by atoms with Crippen molar-refractivity contribution < 1.29 is 14.0 Å². The van der Waals surface area contributed by atoms with Crippen molar-refractivity contribution in [1.82, 2.24) is 5.32 Å². The third kappa shape index (κ3) is 5.18. The molecule has 2 atom stereocenters. The van der Waals surface area contributed by atoms with Gasteiger partial charge in [0.05, 0.1) is 5.69 Å². The Balaban J connectivity index is 0.00000264. The second-order valence-corrected chi connectivity index (χ2v) is 5.74. The highest BCUT2D eigenvalue weighted by molar-refractivity contribution is 5.97. The number of carbonyl (C=O) groups excluding carboxylic acids is 2. The number of rotatable bonds is 4. The molecular weight excluding hydrogens is 321 g/mol. The first-order valence-corrected chi connectivity index (χ1v) is 7.59. The minimum absolute atomic E-state index is 0. The van der Waals surface area contributed by atoms with E-state index in [0.717, 1.165) is 25.7 Å². The van der Waals surface area contributed by atoms with Crippen LogP contribution in [0.4, 0.5) is 10.1 Å². The van der Waals surface area contributed by atoms with Crippen LogP contribution in [0.2, 0.25) is 0 Å². The Morgan fingerprint density at radius 3 is 2.65 bits per heavy atom. The molecule has 2 amide bonds. The average molecular weight is 344 g/mol. The molecule has 7 heteroatoms. The van der Waals surface area contributed by atoms with E-state index in [1.165, 1.54) is 25.1 Å². The molecule has 4 N–H and O–H groups in total. The molecule has 1 aliphatic carbocycles. The van der Waals surface area contributed by atoms with E-state index in [-0.39, 0.29) is 41.9 Å². The molecule has 0 bridgehead atoms. The first-order chi connectivity index (χ1) is 10.5. The Labute approximate surface area is 141 Å². The number of hydrogen-bond donors (Lipinski definition) is 3. The van der Waals surface area contributed by atoms with Crippen LogP contribution < -0.4 is 16.4 Å². The van der Waals surface area contributed by atoms with E-state index in [9.17, 15) is 14.0 Å². The quantitative estimate of drug-likeness (QED) is 0.785. The molecule has 1 aromatic rings. The summed E-state index contributed by atoms with van der Waals surface area (Å²) < 4.78 is 13.6. The highest BCUT2D eigenvalue weighted by Gasteiger charge is 2.25. The lowest BCUT2D eigenvalue weighted by molar-refractivity contribution is -0.114. The molecular formula is C16H23ClFN3O2. The van der Waals surface area contributed by atoms with Crippen LogP contribution in [0.3, 0.4) is 0 Å². The number of hydrogen-bond acceptors (Lipinski definition) is 3. The summed E-state index contributed by atoms with van der Waals surface area (Å²) in [5.74, 6) is -0.930. The lowest BCUT2D eigenvalue weighted by Gasteiger charge is -2.31. The van der Waals surface area contributed by atoms with Gasteiger partial charge in [0.2, 0.25) is 5.91 Å². The van der Waals surface area contributed by atoms with Crippen LogP contribution >= 0.6 is 12.4 Å². The van der Waals surface area contributed by atoms with Gasteiger partial charge in [0, 0.05) is 18.5 Å². The summed E-state index contributed by atoms with van der Waals surface area (Å²) in [7, 11) is 0. The Morgan fingerprint density at radius 1 is 1.30 bits per heavy atom. The van der Waals surface area contributed by atoms with E-state index in [1.807, 2.05) is 0 Å². The van der Waals surface area contributed by atoms with Crippen LogP contribution in [0.15, 0.2) is 18.2 Å². The molecule has 5 nitrogen and oxygen atoms in total. The van der Waals surface area contributed by atoms with E-state index in [1.54, 1.807) is 0 Å². The molecule has 0 aliphatic heterocycles. The highest BCUT2D eigenvalue weighted by Crippen LogP contribution is 2.24. The van der Waals surface area contributed by atoms with Gasteiger partial charge in [-0.1, -0.05) is 12.8 Å². The van der Waals surface area contributed by atoms with Gasteiger partial charge in [0.1, 0.15) is 5.82 Å². The topological polar surface area (TPSA) is 84.2 Å². The zero-order valence-electron chi connectivity index (χ0n) is 13.1. The first-order valence-electron chi connectivity index (χ1n) is 7.59. The minimum Gasteiger partial charge on any atom is -0.349 e. The summed E-state index contributed by atoms with van der Waals surface area (Å²) in [6.45, 7) is 1.84. The van der Waals surface area contributed by atoms with Crippen molar-refractivity contribution in [3.63, 3.8) is 0 Å². The molecule has 128 valence electrons. The van der Waals surface area contributed by atoms with Crippen molar-refractivity contribution in [3.05, 3.63) is 29.6 Å². The monoisotopic (exact) mass is 343 g/mol. The Kier molecular flexibility index (Phi) is 7.45. The third-order valence-electron chi connectivity index (χ3n) is 4.07. The van der Waals surface area contributed by atoms with Gasteiger partial charge in [-0.2, -0.15) is 0 Å². The maximum absolute atomic E-state index is 13.6. The second-order valence-electron chi connectivity index (χ2n) is 5.74. The number of nitrogens with one attached hydrogen (secondary N) is 2. The normalized spacial score (nSPS) is 20.3. The molecule has 1 saturated carbocycles. The van der Waals surface area contributed by atoms with Gasteiger partial charge in [0.15, 0.2) is 0 Å². The average Bonchev–Trinajstić information content (AvgIpc) is 2.49. The van der Waals surface area contributed by atoms with Crippen LogP contribution in [0.25, 0.3) is 0 Å². The molecule has 1 fully saturated rings. The fraction of sp³-hybridized carbons (Fsp3) is 0.500. The lowest BCUT2D eigenvalue weighted by atomic mass is 9.84. The molecule has 1 aromatic carbocycles. The van der Waals surface area contributed by atoms with Crippen LogP contribution in [0.1, 0.15) is 43.0 Å². The summed E-state index contributed by atoms with van der Waals surface area (Å²) >= 11 is 0. The zero-order chi connectivity index (χ0) is 16.1. The summed E-state index contributed by atoms with van der Waals surface area (Å²) in [5, 5.41) is 5.36. The smallest absolute Gasteiger partial charge is 0.251 e. The first kappa shape index (κ1) is 19.4. The second kappa shape index (κ2) is 8.84. The van der Waals surface area contributed by atoms with E-state index >= 15 is 0 Å². The number of nitrogens with two attached hydrogens (primary N) is 1. The Morgan fingerprint density at radius 2 is 2.00 bits per heavy atom. The fourth-order valence-corrected chi connectivity index (χ4v) is 2.88. The zero-order valence-corrected chi connectivity index (χ0v) is 13.9. The van der Waals surface area contributed by atoms with Crippen molar-refractivity contribution in [3.8, 4) is 0 Å². The van der Waals surface area contributed by atoms with Gasteiger partial charge in [-0.05, 0) is 43.5 Å². The van der Waals surface area contributed by atoms with Gasteiger partial charge in [-0.25, -0.2) is 4.39 Å². The third-order valence-corrected chi connectivity index (χ3v) is 4.07. The maximum atomic E-state index is 13.6. The predicted octanol–water partition coefficient (Wildman–Crippen LogP) is 2.45. The number of anilines is 1. The van der Waals surface area contributed by atoms with Gasteiger partial charge in [-0.3, -0.25) is 9.59 Å². The Bertz CT molecular complexity index is 568. The molecule has 2 unspecified atom stereocenters. The van der Waals surface area contributed by atoms with Gasteiger partial charge in [-0.15, -0.1) is 12.4 Å². The number of benzene rings is 1. The molecule has 23 heavy (non-hydrogen) atoms. The van der Waals surface area contributed by atoms with E-state index in [4.69, 9.17) is 5.73 Å². The molecule has 0 aromatic heterocycles. The van der Waals surface area contributed by atoms with Crippen molar-refractivity contribution in [2.45, 2.75) is 38.6 Å². The lowest BCUT2D eigenvalue weighted by Crippen LogP contribution is -2.44. The fourth-order valence-electron chi connectivity index (χ4n) is 2.88. The number of halogens is 2. The predicted molar refractivity (Wildman–Crippen MR) is 90.2 cm³/mol. The molecule has 0 heterocycles. The van der Waals surface area contributed by atoms with Crippen LogP contribution in [-0.4, -0.2) is 24.4 Å². The molecule has 0 saturated heterocycles. The van der Waals surface area contributed by atoms with E-state index < -0.39 is 5.82 Å². The number of carbonyl (C=O) groups is 2.